The zero-order chi connectivity index (χ0) is 16.8. The number of sulfone groups is 1. The van der Waals surface area contributed by atoms with Gasteiger partial charge in [-0.2, -0.15) is 4.99 Å². The van der Waals surface area contributed by atoms with Crippen LogP contribution in [0.3, 0.4) is 0 Å². The molecule has 1 aromatic carbocycles. The van der Waals surface area contributed by atoms with Crippen molar-refractivity contribution in [2.75, 3.05) is 16.4 Å². The Morgan fingerprint density at radius 1 is 1.35 bits per heavy atom. The molecular weight excluding hydrogens is 356 g/mol. The van der Waals surface area contributed by atoms with Crippen molar-refractivity contribution >= 4 is 50.0 Å². The van der Waals surface area contributed by atoms with Crippen LogP contribution in [0.5, 0.6) is 0 Å². The number of para-hydroxylation sites is 1. The smallest absolute Gasteiger partial charge is 0.250 e. The molecule has 2 fully saturated rings. The van der Waals surface area contributed by atoms with Crippen molar-refractivity contribution in [2.24, 2.45) is 10.9 Å². The second-order valence-corrected chi connectivity index (χ2v) is 9.78. The summed E-state index contributed by atoms with van der Waals surface area (Å²) in [4.78, 5) is 18.1. The van der Waals surface area contributed by atoms with E-state index in [1.807, 2.05) is 23.1 Å². The molecule has 1 aromatic rings. The molecule has 0 saturated carbocycles. The zero-order valence-electron chi connectivity index (χ0n) is 12.8. The second-order valence-electron chi connectivity index (χ2n) is 6.01. The van der Waals surface area contributed by atoms with Crippen LogP contribution in [0, 0.1) is 5.92 Å². The number of thioether (sulfide) groups is 1. The molecule has 2 aliphatic heterocycles. The van der Waals surface area contributed by atoms with Gasteiger partial charge in [-0.3, -0.25) is 4.79 Å². The highest BCUT2D eigenvalue weighted by atomic mass is 35.5. The predicted molar refractivity (Wildman–Crippen MR) is 95.0 cm³/mol. The fourth-order valence-electron chi connectivity index (χ4n) is 2.72. The fourth-order valence-corrected chi connectivity index (χ4v) is 6.86. The number of anilines is 1. The molecule has 2 heterocycles. The molecule has 2 saturated heterocycles. The number of fused-ring (bicyclic) bond motifs is 1. The SMILES string of the molecule is CC(C)C(=O)N=C1S[C@@H]2CS(=O)(=O)C[C@H]2N1c1ccccc1Cl. The lowest BCUT2D eigenvalue weighted by atomic mass is 10.2. The van der Waals surface area contributed by atoms with Crippen LogP contribution in [-0.2, 0) is 14.6 Å². The summed E-state index contributed by atoms with van der Waals surface area (Å²) in [5.74, 6) is -0.254. The minimum absolute atomic E-state index is 0.0603. The normalized spacial score (nSPS) is 27.7. The number of halogens is 1. The molecule has 0 unspecified atom stereocenters. The minimum Gasteiger partial charge on any atom is -0.314 e. The Morgan fingerprint density at radius 2 is 2.04 bits per heavy atom. The Bertz CT molecular complexity index is 777. The highest BCUT2D eigenvalue weighted by Gasteiger charge is 2.49. The van der Waals surface area contributed by atoms with Gasteiger partial charge in [0, 0.05) is 11.2 Å². The van der Waals surface area contributed by atoms with Crippen molar-refractivity contribution in [3.05, 3.63) is 29.3 Å². The number of aliphatic imine (C=N–C) groups is 1. The van der Waals surface area contributed by atoms with E-state index in [1.54, 1.807) is 19.9 Å². The Labute approximate surface area is 145 Å². The van der Waals surface area contributed by atoms with E-state index in [0.717, 1.165) is 0 Å². The van der Waals surface area contributed by atoms with Crippen molar-refractivity contribution < 1.29 is 13.2 Å². The minimum atomic E-state index is -3.07. The Hall–Kier alpha value is -1.05. The maximum absolute atomic E-state index is 12.0. The Balaban J connectivity index is 2.05. The van der Waals surface area contributed by atoms with E-state index in [2.05, 4.69) is 4.99 Å². The van der Waals surface area contributed by atoms with Gasteiger partial charge in [0.15, 0.2) is 15.0 Å². The van der Waals surface area contributed by atoms with E-state index in [-0.39, 0.29) is 34.6 Å². The molecule has 124 valence electrons. The van der Waals surface area contributed by atoms with Gasteiger partial charge < -0.3 is 4.90 Å². The van der Waals surface area contributed by atoms with Crippen LogP contribution in [0.4, 0.5) is 5.69 Å². The first-order valence-electron chi connectivity index (χ1n) is 7.32. The van der Waals surface area contributed by atoms with E-state index in [9.17, 15) is 13.2 Å². The average Bonchev–Trinajstić information content (AvgIpc) is 2.91. The van der Waals surface area contributed by atoms with E-state index in [4.69, 9.17) is 11.6 Å². The molecule has 0 spiro atoms. The number of rotatable bonds is 2. The van der Waals surface area contributed by atoms with Crippen molar-refractivity contribution in [2.45, 2.75) is 25.1 Å². The van der Waals surface area contributed by atoms with Crippen molar-refractivity contribution in [3.8, 4) is 0 Å². The molecule has 8 heteroatoms. The Morgan fingerprint density at radius 3 is 2.70 bits per heavy atom. The first-order valence-corrected chi connectivity index (χ1v) is 10.4. The van der Waals surface area contributed by atoms with Gasteiger partial charge in [-0.15, -0.1) is 0 Å². The topological polar surface area (TPSA) is 66.8 Å². The molecule has 0 bridgehead atoms. The maximum Gasteiger partial charge on any atom is 0.250 e. The molecule has 5 nitrogen and oxygen atoms in total. The molecule has 2 atom stereocenters. The van der Waals surface area contributed by atoms with Crippen LogP contribution < -0.4 is 4.90 Å². The van der Waals surface area contributed by atoms with Crippen LogP contribution in [0.2, 0.25) is 5.02 Å². The molecule has 2 aliphatic rings. The van der Waals surface area contributed by atoms with Crippen molar-refractivity contribution in [1.82, 2.24) is 0 Å². The number of amides is 1. The summed E-state index contributed by atoms with van der Waals surface area (Å²) < 4.78 is 23.9. The van der Waals surface area contributed by atoms with Gasteiger partial charge in [0.25, 0.3) is 5.91 Å². The third kappa shape index (κ3) is 3.27. The van der Waals surface area contributed by atoms with Gasteiger partial charge in [0.05, 0.1) is 28.3 Å². The zero-order valence-corrected chi connectivity index (χ0v) is 15.2. The fraction of sp³-hybridized carbons (Fsp3) is 0.467. The number of amidine groups is 1. The third-order valence-electron chi connectivity index (χ3n) is 3.88. The van der Waals surface area contributed by atoms with Gasteiger partial charge in [-0.1, -0.05) is 49.3 Å². The van der Waals surface area contributed by atoms with E-state index >= 15 is 0 Å². The van der Waals surface area contributed by atoms with E-state index < -0.39 is 9.84 Å². The number of carbonyl (C=O) groups excluding carboxylic acids is 1. The molecule has 0 radical (unpaired) electrons. The maximum atomic E-state index is 12.0. The third-order valence-corrected chi connectivity index (χ3v) is 7.41. The van der Waals surface area contributed by atoms with Gasteiger partial charge in [-0.05, 0) is 12.1 Å². The van der Waals surface area contributed by atoms with Crippen LogP contribution >= 0.6 is 23.4 Å². The summed E-state index contributed by atoms with van der Waals surface area (Å²) in [5.41, 5.74) is 0.696. The quantitative estimate of drug-likeness (QED) is 0.798. The summed E-state index contributed by atoms with van der Waals surface area (Å²) in [6, 6.07) is 6.99. The van der Waals surface area contributed by atoms with Crippen molar-refractivity contribution in [1.29, 1.82) is 0 Å². The lowest BCUT2D eigenvalue weighted by Crippen LogP contribution is -2.38. The number of nitrogens with zero attached hydrogens (tertiary/aromatic N) is 2. The molecule has 3 rings (SSSR count). The molecule has 1 amide bonds. The van der Waals surface area contributed by atoms with Crippen LogP contribution in [0.1, 0.15) is 13.8 Å². The summed E-state index contributed by atoms with van der Waals surface area (Å²) in [6.45, 7) is 3.58. The van der Waals surface area contributed by atoms with Crippen molar-refractivity contribution in [3.63, 3.8) is 0 Å². The van der Waals surface area contributed by atoms with Gasteiger partial charge in [0.2, 0.25) is 0 Å². The largest absolute Gasteiger partial charge is 0.314 e. The highest BCUT2D eigenvalue weighted by molar-refractivity contribution is 8.16. The summed E-state index contributed by atoms with van der Waals surface area (Å²) >= 11 is 7.65. The molecular formula is C15H17ClN2O3S2. The standard InChI is InChI=1S/C15H17ClN2O3S2/c1-9(2)14(19)17-15-18(11-6-4-3-5-10(11)16)12-7-23(20,21)8-13(12)22-15/h3-6,9,12-13H,7-8H2,1-2H3/t12-,13-/m1/s1. The lowest BCUT2D eigenvalue weighted by Gasteiger charge is -2.25. The molecule has 23 heavy (non-hydrogen) atoms. The van der Waals surface area contributed by atoms with Crippen LogP contribution in [0.15, 0.2) is 29.3 Å². The monoisotopic (exact) mass is 372 g/mol. The number of carbonyl (C=O) groups is 1. The molecule has 0 aromatic heterocycles. The summed E-state index contributed by atoms with van der Waals surface area (Å²) in [5, 5.41) is 0.944. The van der Waals surface area contributed by atoms with Gasteiger partial charge in [-0.25, -0.2) is 8.42 Å². The van der Waals surface area contributed by atoms with Crippen LogP contribution in [-0.4, -0.2) is 42.3 Å². The number of hydrogen-bond acceptors (Lipinski definition) is 4. The predicted octanol–water partition coefficient (Wildman–Crippen LogP) is 2.60. The number of benzene rings is 1. The molecule has 0 aliphatic carbocycles. The molecule has 0 N–H and O–H groups in total. The van der Waals surface area contributed by atoms with E-state index in [0.29, 0.717) is 15.9 Å². The highest BCUT2D eigenvalue weighted by Crippen LogP contribution is 2.43. The average molecular weight is 373 g/mol. The van der Waals surface area contributed by atoms with Gasteiger partial charge >= 0.3 is 0 Å². The summed E-state index contributed by atoms with van der Waals surface area (Å²) in [6.07, 6.45) is 0. The second kappa shape index (κ2) is 6.11. The first kappa shape index (κ1) is 16.8. The Kier molecular flexibility index (Phi) is 4.46. The lowest BCUT2D eigenvalue weighted by molar-refractivity contribution is -0.120. The first-order chi connectivity index (χ1) is 10.8. The van der Waals surface area contributed by atoms with Crippen LogP contribution in [0.25, 0.3) is 0 Å². The van der Waals surface area contributed by atoms with Gasteiger partial charge in [0.1, 0.15) is 0 Å². The summed E-state index contributed by atoms with van der Waals surface area (Å²) in [7, 11) is -3.07. The number of hydrogen-bond donors (Lipinski definition) is 0. The van der Waals surface area contributed by atoms with E-state index in [1.165, 1.54) is 11.8 Å².